The van der Waals surface area contributed by atoms with Crippen LogP contribution in [0.4, 0.5) is 0 Å². The minimum atomic E-state index is -1.27. The van der Waals surface area contributed by atoms with E-state index >= 15 is 0 Å². The second kappa shape index (κ2) is 12.9. The van der Waals surface area contributed by atoms with Crippen LogP contribution in [-0.4, -0.2) is 67.6 Å². The fraction of sp³-hybridized carbons (Fsp3) is 0.179. The second-order valence-electron chi connectivity index (χ2n) is 8.78. The average Bonchev–Trinajstić information content (AvgIpc) is 2.92. The number of benzene rings is 3. The molecule has 0 heterocycles. The predicted octanol–water partition coefficient (Wildman–Crippen LogP) is 1.56. The molecule has 12 nitrogen and oxygen atoms in total. The monoisotopic (exact) mass is 552 g/mol. The Morgan fingerprint density at radius 2 is 1.20 bits per heavy atom. The van der Waals surface area contributed by atoms with Gasteiger partial charge in [-0.15, -0.1) is 0 Å². The van der Waals surface area contributed by atoms with Gasteiger partial charge in [-0.25, -0.2) is 4.79 Å². The van der Waals surface area contributed by atoms with Gasteiger partial charge in [-0.05, 0) is 59.2 Å². The van der Waals surface area contributed by atoms with E-state index in [1.165, 1.54) is 60.7 Å². The van der Waals surface area contributed by atoms with E-state index in [4.69, 9.17) is 4.74 Å². The van der Waals surface area contributed by atoms with Crippen LogP contribution in [0, 0.1) is 0 Å². The minimum Gasteiger partial charge on any atom is -0.504 e. The molecule has 0 aliphatic heterocycles. The third-order valence-corrected chi connectivity index (χ3v) is 5.82. The molecule has 40 heavy (non-hydrogen) atoms. The normalized spacial score (nSPS) is 12.4. The molecule has 0 saturated carbocycles. The molecule has 1 unspecified atom stereocenters. The number of hydrogen-bond acceptors (Lipinski definition) is 10. The number of methoxy groups -OCH3 is 1. The molecule has 2 amide bonds. The first-order valence-corrected chi connectivity index (χ1v) is 11.9. The third-order valence-electron chi connectivity index (χ3n) is 5.82. The van der Waals surface area contributed by atoms with E-state index in [2.05, 4.69) is 10.6 Å². The van der Waals surface area contributed by atoms with E-state index < -0.39 is 41.4 Å². The highest BCUT2D eigenvalue weighted by atomic mass is 16.5. The van der Waals surface area contributed by atoms with Crippen LogP contribution in [0.15, 0.2) is 60.7 Å². The van der Waals surface area contributed by atoms with Gasteiger partial charge in [-0.3, -0.25) is 9.59 Å². The second-order valence-corrected chi connectivity index (χ2v) is 8.78. The molecule has 2 atom stereocenters. The maximum Gasteiger partial charge on any atom is 0.328 e. The van der Waals surface area contributed by atoms with Gasteiger partial charge in [-0.1, -0.05) is 18.2 Å². The SMILES string of the molecule is COC(=O)C(Cc1ccc(O)c(O)c1)NC(=O)[C@@H](Cc1ccc(O)c(O)c1)NC(=O)/C=C/c1ccc(O)c(O)c1. The molecule has 0 bridgehead atoms. The Morgan fingerprint density at radius 3 is 1.70 bits per heavy atom. The van der Waals surface area contributed by atoms with Gasteiger partial charge in [0, 0.05) is 18.9 Å². The van der Waals surface area contributed by atoms with Crippen molar-refractivity contribution in [2.24, 2.45) is 0 Å². The van der Waals surface area contributed by atoms with Crippen molar-refractivity contribution in [3.63, 3.8) is 0 Å². The van der Waals surface area contributed by atoms with Gasteiger partial charge in [0.1, 0.15) is 12.1 Å². The van der Waals surface area contributed by atoms with Crippen molar-refractivity contribution in [3.05, 3.63) is 77.4 Å². The van der Waals surface area contributed by atoms with Crippen molar-refractivity contribution in [1.29, 1.82) is 0 Å². The molecule has 0 radical (unpaired) electrons. The number of rotatable bonds is 10. The Morgan fingerprint density at radius 1 is 0.700 bits per heavy atom. The molecular formula is C28H28N2O10. The molecule has 12 heteroatoms. The number of phenolic OH excluding ortho intramolecular Hbond substituents is 6. The molecule has 8 N–H and O–H groups in total. The van der Waals surface area contributed by atoms with Crippen LogP contribution in [-0.2, 0) is 32.0 Å². The molecule has 0 aliphatic rings. The summed E-state index contributed by atoms with van der Waals surface area (Å²) in [6.07, 6.45) is 2.17. The van der Waals surface area contributed by atoms with Crippen molar-refractivity contribution >= 4 is 23.9 Å². The van der Waals surface area contributed by atoms with Crippen LogP contribution in [0.2, 0.25) is 0 Å². The van der Waals surface area contributed by atoms with Gasteiger partial charge in [0.15, 0.2) is 34.5 Å². The Hall–Kier alpha value is -5.39. The smallest absolute Gasteiger partial charge is 0.328 e. The molecule has 3 aromatic carbocycles. The standard InChI is InChI=1S/C28H28N2O10/c1-40-28(39)19(11-17-4-8-22(33)25(36)14-17)30-27(38)18(10-16-3-7-21(32)24(35)13-16)29-26(37)9-5-15-2-6-20(31)23(34)12-15/h2-9,12-14,18-19,31-36H,10-11H2,1H3,(H,29,37)(H,30,38)/b9-5+/t18-,19?/m1/s1. The maximum atomic E-state index is 13.3. The molecule has 0 saturated heterocycles. The first-order chi connectivity index (χ1) is 19.0. The van der Waals surface area contributed by atoms with Crippen LogP contribution in [0.3, 0.4) is 0 Å². The van der Waals surface area contributed by atoms with E-state index in [1.807, 2.05) is 0 Å². The lowest BCUT2D eigenvalue weighted by Gasteiger charge is -2.22. The van der Waals surface area contributed by atoms with Crippen LogP contribution in [0.5, 0.6) is 34.5 Å². The van der Waals surface area contributed by atoms with Crippen LogP contribution in [0.1, 0.15) is 16.7 Å². The highest BCUT2D eigenvalue weighted by molar-refractivity contribution is 5.96. The summed E-state index contributed by atoms with van der Waals surface area (Å²) in [7, 11) is 1.13. The summed E-state index contributed by atoms with van der Waals surface area (Å²) >= 11 is 0. The molecule has 3 aromatic rings. The van der Waals surface area contributed by atoms with E-state index in [1.54, 1.807) is 0 Å². The summed E-state index contributed by atoms with van der Waals surface area (Å²) in [6, 6.07) is 9.18. The largest absolute Gasteiger partial charge is 0.504 e. The fourth-order valence-electron chi connectivity index (χ4n) is 3.72. The fourth-order valence-corrected chi connectivity index (χ4v) is 3.72. The first-order valence-electron chi connectivity index (χ1n) is 11.9. The molecule has 0 fully saturated rings. The number of carbonyl (C=O) groups excluding carboxylic acids is 3. The molecule has 3 rings (SSSR count). The summed E-state index contributed by atoms with van der Waals surface area (Å²) in [5.41, 5.74) is 1.16. The molecule has 210 valence electrons. The van der Waals surface area contributed by atoms with Gasteiger partial charge < -0.3 is 46.0 Å². The minimum absolute atomic E-state index is 0.114. The molecule has 0 spiro atoms. The highest BCUT2D eigenvalue weighted by Crippen LogP contribution is 2.27. The topological polar surface area (TPSA) is 206 Å². The highest BCUT2D eigenvalue weighted by Gasteiger charge is 2.28. The summed E-state index contributed by atoms with van der Waals surface area (Å²) in [5.74, 6) is -4.62. The number of aromatic hydroxyl groups is 6. The molecular weight excluding hydrogens is 524 g/mol. The van der Waals surface area contributed by atoms with Crippen molar-refractivity contribution in [1.82, 2.24) is 10.6 Å². The number of hydrogen-bond donors (Lipinski definition) is 8. The Balaban J connectivity index is 1.83. The van der Waals surface area contributed by atoms with Crippen LogP contribution >= 0.6 is 0 Å². The summed E-state index contributed by atoms with van der Waals surface area (Å²) in [5, 5.41) is 62.9. The summed E-state index contributed by atoms with van der Waals surface area (Å²) in [6.45, 7) is 0. The quantitative estimate of drug-likeness (QED) is 0.103. The van der Waals surface area contributed by atoms with Gasteiger partial charge >= 0.3 is 5.97 Å². The first kappa shape index (κ1) is 29.2. The van der Waals surface area contributed by atoms with E-state index in [9.17, 15) is 45.0 Å². The Bertz CT molecular complexity index is 1440. The summed E-state index contributed by atoms with van der Waals surface area (Å²) in [4.78, 5) is 38.5. The number of nitrogens with one attached hydrogen (secondary N) is 2. The van der Waals surface area contributed by atoms with Crippen molar-refractivity contribution in [2.75, 3.05) is 7.11 Å². The van der Waals surface area contributed by atoms with Crippen molar-refractivity contribution in [2.45, 2.75) is 24.9 Å². The number of phenols is 6. The average molecular weight is 553 g/mol. The van der Waals surface area contributed by atoms with E-state index in [0.717, 1.165) is 13.2 Å². The number of ether oxygens (including phenoxy) is 1. The lowest BCUT2D eigenvalue weighted by Crippen LogP contribution is -2.53. The van der Waals surface area contributed by atoms with Gasteiger partial charge in [0.2, 0.25) is 11.8 Å². The molecule has 0 aromatic heterocycles. The maximum absolute atomic E-state index is 13.3. The lowest BCUT2D eigenvalue weighted by atomic mass is 10.0. The van der Waals surface area contributed by atoms with Crippen LogP contribution < -0.4 is 10.6 Å². The zero-order valence-corrected chi connectivity index (χ0v) is 21.2. The third kappa shape index (κ3) is 7.81. The van der Waals surface area contributed by atoms with Gasteiger partial charge in [0.05, 0.1) is 7.11 Å². The Labute approximate surface area is 228 Å². The predicted molar refractivity (Wildman–Crippen MR) is 142 cm³/mol. The summed E-state index contributed by atoms with van der Waals surface area (Å²) < 4.78 is 4.79. The van der Waals surface area contributed by atoms with Crippen molar-refractivity contribution in [3.8, 4) is 34.5 Å². The lowest BCUT2D eigenvalue weighted by molar-refractivity contribution is -0.145. The van der Waals surface area contributed by atoms with Gasteiger partial charge in [0.25, 0.3) is 0 Å². The van der Waals surface area contributed by atoms with E-state index in [-0.39, 0.29) is 35.8 Å². The number of amides is 2. The zero-order valence-electron chi connectivity index (χ0n) is 21.2. The van der Waals surface area contributed by atoms with Crippen LogP contribution in [0.25, 0.3) is 6.08 Å². The number of esters is 1. The van der Waals surface area contributed by atoms with Crippen molar-refractivity contribution < 1.29 is 49.8 Å². The Kier molecular flexibility index (Phi) is 9.42. The molecule has 0 aliphatic carbocycles. The zero-order chi connectivity index (χ0) is 29.4. The number of carbonyl (C=O) groups is 3. The van der Waals surface area contributed by atoms with Gasteiger partial charge in [-0.2, -0.15) is 0 Å². The van der Waals surface area contributed by atoms with E-state index in [0.29, 0.717) is 16.7 Å².